The minimum atomic E-state index is -2.18. The molecule has 0 aromatic carbocycles. The molecule has 0 aromatic heterocycles. The molecule has 0 bridgehead atoms. The maximum atomic E-state index is 9.54. The number of aliphatic hydroxyl groups is 2. The summed E-state index contributed by atoms with van der Waals surface area (Å²) in [7, 11) is -5.48. The second-order valence-corrected chi connectivity index (χ2v) is 22.0. The summed E-state index contributed by atoms with van der Waals surface area (Å²) >= 11 is 0. The van der Waals surface area contributed by atoms with Crippen LogP contribution in [0.15, 0.2) is 0 Å². The predicted octanol–water partition coefficient (Wildman–Crippen LogP) is 4.08. The van der Waals surface area contributed by atoms with E-state index in [0.717, 1.165) is 25.3 Å². The second-order valence-electron chi connectivity index (χ2n) is 9.12. The van der Waals surface area contributed by atoms with Crippen molar-refractivity contribution in [3.63, 3.8) is 0 Å². The normalized spacial score (nSPS) is 14.2. The van der Waals surface area contributed by atoms with Crippen LogP contribution in [-0.2, 0) is 13.0 Å². The molecule has 8 heteroatoms. The van der Waals surface area contributed by atoms with E-state index in [4.69, 9.17) is 13.0 Å². The maximum Gasteiger partial charge on any atom is 0.314 e. The van der Waals surface area contributed by atoms with Gasteiger partial charge in [0.2, 0.25) is 0 Å². The van der Waals surface area contributed by atoms with E-state index in [1.807, 2.05) is 6.92 Å². The molecule has 0 aromatic rings. The zero-order chi connectivity index (χ0) is 19.8. The first-order valence-corrected chi connectivity index (χ1v) is 18.9. The Morgan fingerprint density at radius 3 is 1.64 bits per heavy atom. The molecule has 152 valence electrons. The third-order valence-electron chi connectivity index (χ3n) is 3.76. The van der Waals surface area contributed by atoms with Crippen LogP contribution in [-0.4, -0.2) is 60.8 Å². The smallest absolute Gasteiger partial charge is 0.314 e. The third kappa shape index (κ3) is 11.7. The molecule has 0 saturated carbocycles. The molecular weight excluding hydrogens is 368 g/mol. The van der Waals surface area contributed by atoms with E-state index in [-0.39, 0.29) is 13.2 Å². The molecule has 2 N–H and O–H groups in total. The fourth-order valence-electron chi connectivity index (χ4n) is 3.08. The fraction of sp³-hybridized carbons (Fsp3) is 1.00. The lowest BCUT2D eigenvalue weighted by molar-refractivity contribution is -0.114. The molecule has 0 unspecified atom stereocenters. The van der Waals surface area contributed by atoms with E-state index in [9.17, 15) is 10.2 Å². The topological polar surface area (TPSA) is 68.2 Å². The van der Waals surface area contributed by atoms with E-state index in [1.165, 1.54) is 0 Å². The summed E-state index contributed by atoms with van der Waals surface area (Å²) in [5, 5.41) is 19.1. The molecule has 0 aliphatic carbocycles. The Kier molecular flexibility index (Phi) is 10.9. The zero-order valence-corrected chi connectivity index (χ0v) is 20.8. The van der Waals surface area contributed by atoms with E-state index in [0.29, 0.717) is 13.0 Å². The molecule has 0 heterocycles. The number of aliphatic hydroxyl groups excluding tert-OH is 2. The highest BCUT2D eigenvalue weighted by molar-refractivity contribution is 6.87. The highest BCUT2D eigenvalue weighted by atomic mass is 28.5. The van der Waals surface area contributed by atoms with Gasteiger partial charge in [-0.2, -0.15) is 0 Å². The average Bonchev–Trinajstić information content (AvgIpc) is 2.41. The van der Waals surface area contributed by atoms with E-state index < -0.39 is 30.8 Å². The number of hydrogen-bond donors (Lipinski definition) is 2. The molecule has 0 saturated heterocycles. The summed E-state index contributed by atoms with van der Waals surface area (Å²) < 4.78 is 18.8. The van der Waals surface area contributed by atoms with Crippen LogP contribution < -0.4 is 0 Å². The lowest BCUT2D eigenvalue weighted by Gasteiger charge is -2.38. The number of rotatable bonds is 14. The summed E-state index contributed by atoms with van der Waals surface area (Å²) in [5.41, 5.74) is -0.793. The van der Waals surface area contributed by atoms with Crippen LogP contribution in [0.25, 0.3) is 0 Å². The monoisotopic (exact) mass is 410 g/mol. The Bertz CT molecular complexity index is 346. The minimum Gasteiger partial charge on any atom is -0.437 e. The SMILES string of the molecule is CCCC(CO)(CO)OCCCC[Si](C)(O[Si](C)(C)C)O[Si](C)(C)C. The van der Waals surface area contributed by atoms with Crippen molar-refractivity contribution in [3.8, 4) is 0 Å². The van der Waals surface area contributed by atoms with Crippen molar-refractivity contribution in [3.05, 3.63) is 0 Å². The first-order chi connectivity index (χ1) is 11.3. The van der Waals surface area contributed by atoms with Crippen LogP contribution in [0.1, 0.15) is 32.6 Å². The van der Waals surface area contributed by atoms with Gasteiger partial charge in [-0.1, -0.05) is 13.3 Å². The van der Waals surface area contributed by atoms with Crippen LogP contribution in [0.3, 0.4) is 0 Å². The first-order valence-electron chi connectivity index (χ1n) is 9.56. The third-order valence-corrected chi connectivity index (χ3v) is 13.4. The van der Waals surface area contributed by atoms with Gasteiger partial charge in [-0.05, 0) is 71.1 Å². The number of hydrogen-bond acceptors (Lipinski definition) is 5. The molecular formula is C17H42O5Si3. The van der Waals surface area contributed by atoms with E-state index in [1.54, 1.807) is 0 Å². The Balaban J connectivity index is 4.56. The average molecular weight is 411 g/mol. The molecule has 0 amide bonds. The second kappa shape index (κ2) is 10.7. The lowest BCUT2D eigenvalue weighted by Crippen LogP contribution is -2.52. The van der Waals surface area contributed by atoms with Crippen molar-refractivity contribution < 1.29 is 23.2 Å². The number of unbranched alkanes of at least 4 members (excludes halogenated alkanes) is 1. The zero-order valence-electron chi connectivity index (χ0n) is 17.8. The standard InChI is InChI=1S/C17H42O5Si3/c1-9-12-17(15-18,16-19)20-13-10-11-14-25(8,21-23(2,3)4)22-24(5,6)7/h18-19H,9-16H2,1-8H3. The maximum absolute atomic E-state index is 9.54. The highest BCUT2D eigenvalue weighted by Gasteiger charge is 2.39. The van der Waals surface area contributed by atoms with Crippen molar-refractivity contribution in [1.82, 2.24) is 0 Å². The van der Waals surface area contributed by atoms with Gasteiger partial charge in [0, 0.05) is 6.61 Å². The van der Waals surface area contributed by atoms with Gasteiger partial charge >= 0.3 is 8.56 Å². The molecule has 0 aliphatic rings. The van der Waals surface area contributed by atoms with Gasteiger partial charge in [-0.25, -0.2) is 0 Å². The fourth-order valence-corrected chi connectivity index (χ4v) is 15.7. The van der Waals surface area contributed by atoms with Crippen molar-refractivity contribution in [2.45, 2.75) is 90.1 Å². The lowest BCUT2D eigenvalue weighted by atomic mass is 10.00. The Hall–Kier alpha value is 0.451. The van der Waals surface area contributed by atoms with Gasteiger partial charge in [0.1, 0.15) is 5.60 Å². The molecule has 0 fully saturated rings. The van der Waals surface area contributed by atoms with Gasteiger partial charge < -0.3 is 23.2 Å². The molecule has 5 nitrogen and oxygen atoms in total. The summed E-state index contributed by atoms with van der Waals surface area (Å²) in [5.74, 6) is 0. The van der Waals surface area contributed by atoms with E-state index >= 15 is 0 Å². The Morgan fingerprint density at radius 2 is 1.28 bits per heavy atom. The van der Waals surface area contributed by atoms with Crippen molar-refractivity contribution in [2.75, 3.05) is 19.8 Å². The molecule has 0 rings (SSSR count). The summed E-state index contributed by atoms with van der Waals surface area (Å²) in [4.78, 5) is 0. The van der Waals surface area contributed by atoms with Crippen LogP contribution >= 0.6 is 0 Å². The van der Waals surface area contributed by atoms with Gasteiger partial charge in [-0.3, -0.25) is 0 Å². The Morgan fingerprint density at radius 1 is 0.800 bits per heavy atom. The summed E-state index contributed by atoms with van der Waals surface area (Å²) in [6.07, 6.45) is 3.42. The highest BCUT2D eigenvalue weighted by Crippen LogP contribution is 2.26. The van der Waals surface area contributed by atoms with Gasteiger partial charge in [0.15, 0.2) is 16.6 Å². The predicted molar refractivity (Wildman–Crippen MR) is 112 cm³/mol. The molecule has 0 atom stereocenters. The van der Waals surface area contributed by atoms with Gasteiger partial charge in [0.05, 0.1) is 13.2 Å². The molecule has 0 radical (unpaired) electrons. The van der Waals surface area contributed by atoms with Gasteiger partial charge in [0.25, 0.3) is 0 Å². The number of ether oxygens (including phenoxy) is 1. The Labute approximate surface area is 158 Å². The van der Waals surface area contributed by atoms with Crippen LogP contribution in [0.5, 0.6) is 0 Å². The van der Waals surface area contributed by atoms with Gasteiger partial charge in [-0.15, -0.1) is 0 Å². The van der Waals surface area contributed by atoms with Crippen molar-refractivity contribution in [1.29, 1.82) is 0 Å². The van der Waals surface area contributed by atoms with Crippen LogP contribution in [0, 0.1) is 0 Å². The molecule has 0 spiro atoms. The van der Waals surface area contributed by atoms with Crippen molar-refractivity contribution >= 4 is 25.2 Å². The summed E-state index contributed by atoms with van der Waals surface area (Å²) in [6, 6.07) is 0.962. The molecule has 0 aliphatic heterocycles. The largest absolute Gasteiger partial charge is 0.437 e. The van der Waals surface area contributed by atoms with Crippen LogP contribution in [0.4, 0.5) is 0 Å². The quantitative estimate of drug-likeness (QED) is 0.333. The minimum absolute atomic E-state index is 0.138. The summed E-state index contributed by atoms with van der Waals surface area (Å²) in [6.45, 7) is 17.8. The van der Waals surface area contributed by atoms with E-state index in [2.05, 4.69) is 45.8 Å². The van der Waals surface area contributed by atoms with Crippen molar-refractivity contribution in [2.24, 2.45) is 0 Å². The molecule has 25 heavy (non-hydrogen) atoms. The first kappa shape index (κ1) is 25.5. The van der Waals surface area contributed by atoms with Crippen LogP contribution in [0.2, 0.25) is 51.9 Å².